The average molecular weight is 356 g/mol. The molecule has 0 atom stereocenters. The molecule has 0 saturated heterocycles. The van der Waals surface area contributed by atoms with E-state index in [1.165, 1.54) is 5.56 Å². The number of hydrogen-bond donors (Lipinski definition) is 0. The van der Waals surface area contributed by atoms with Crippen LogP contribution in [0.25, 0.3) is 11.4 Å². The van der Waals surface area contributed by atoms with Gasteiger partial charge in [0.2, 0.25) is 0 Å². The molecule has 4 rings (SSSR count). The zero-order valence-corrected chi connectivity index (χ0v) is 15.0. The second-order valence-corrected chi connectivity index (χ2v) is 7.30. The predicted octanol–water partition coefficient (Wildman–Crippen LogP) is 4.86. The van der Waals surface area contributed by atoms with Crippen LogP contribution in [0.1, 0.15) is 29.8 Å². The maximum Gasteiger partial charge on any atom is 0.163 e. The van der Waals surface area contributed by atoms with E-state index in [-0.39, 0.29) is 0 Å². The van der Waals surface area contributed by atoms with E-state index < -0.39 is 11.6 Å². The van der Waals surface area contributed by atoms with E-state index in [9.17, 15) is 4.39 Å². The fourth-order valence-electron chi connectivity index (χ4n) is 3.71. The van der Waals surface area contributed by atoms with E-state index in [1.807, 2.05) is 48.0 Å². The molecular formula is C20H19ClFN3. The average Bonchev–Trinajstić information content (AvgIpc) is 2.95. The lowest BCUT2D eigenvalue weighted by Crippen LogP contribution is -2.45. The Morgan fingerprint density at radius 2 is 1.68 bits per heavy atom. The lowest BCUT2D eigenvalue weighted by atomic mass is 9.62. The number of benzene rings is 2. The van der Waals surface area contributed by atoms with Gasteiger partial charge in [-0.15, -0.1) is 10.2 Å². The Labute approximate surface area is 151 Å². The van der Waals surface area contributed by atoms with Crippen LogP contribution in [0.15, 0.2) is 48.5 Å². The summed E-state index contributed by atoms with van der Waals surface area (Å²) < 4.78 is 15.9. The summed E-state index contributed by atoms with van der Waals surface area (Å²) in [6.45, 7) is 2.05. The normalized spacial score (nSPS) is 22.6. The molecule has 0 N–H and O–H groups in total. The zero-order chi connectivity index (χ0) is 17.6. The lowest BCUT2D eigenvalue weighted by molar-refractivity contribution is 0.114. The monoisotopic (exact) mass is 355 g/mol. The van der Waals surface area contributed by atoms with Crippen molar-refractivity contribution in [1.29, 1.82) is 0 Å². The second-order valence-electron chi connectivity index (χ2n) is 6.87. The highest BCUT2D eigenvalue weighted by Crippen LogP contribution is 2.50. The molecule has 0 radical (unpaired) electrons. The van der Waals surface area contributed by atoms with Gasteiger partial charge in [-0.2, -0.15) is 0 Å². The van der Waals surface area contributed by atoms with E-state index >= 15 is 0 Å². The standard InChI is InChI=1S/C20H19ClFN3/c1-13-3-5-14(6-4-13)18-23-24-19(25(18)2)20(11-17(22)12-20)15-7-9-16(21)10-8-15/h3-10,17H,11-12H2,1-2H3. The molecular weight excluding hydrogens is 337 g/mol. The summed E-state index contributed by atoms with van der Waals surface area (Å²) in [6, 6.07) is 15.8. The molecule has 2 aromatic carbocycles. The van der Waals surface area contributed by atoms with E-state index in [0.29, 0.717) is 17.9 Å². The van der Waals surface area contributed by atoms with Crippen molar-refractivity contribution in [3.63, 3.8) is 0 Å². The molecule has 1 aromatic heterocycles. The molecule has 5 heteroatoms. The Morgan fingerprint density at radius 3 is 2.28 bits per heavy atom. The quantitative estimate of drug-likeness (QED) is 0.671. The number of alkyl halides is 1. The van der Waals surface area contributed by atoms with Gasteiger partial charge in [0.25, 0.3) is 0 Å². The van der Waals surface area contributed by atoms with Gasteiger partial charge in [0.1, 0.15) is 12.0 Å². The van der Waals surface area contributed by atoms with Gasteiger partial charge in [-0.3, -0.25) is 0 Å². The van der Waals surface area contributed by atoms with Gasteiger partial charge in [0, 0.05) is 17.6 Å². The highest BCUT2D eigenvalue weighted by Gasteiger charge is 2.50. The van der Waals surface area contributed by atoms with E-state index in [2.05, 4.69) is 29.3 Å². The molecule has 3 nitrogen and oxygen atoms in total. The first-order valence-electron chi connectivity index (χ1n) is 8.37. The third kappa shape index (κ3) is 2.65. The minimum atomic E-state index is -0.810. The number of nitrogens with zero attached hydrogens (tertiary/aromatic N) is 3. The van der Waals surface area contributed by atoms with Crippen molar-refractivity contribution in [3.8, 4) is 11.4 Å². The van der Waals surface area contributed by atoms with Crippen LogP contribution in [0.4, 0.5) is 4.39 Å². The summed E-state index contributed by atoms with van der Waals surface area (Å²) in [6.07, 6.45) is 0.0402. The Bertz CT molecular complexity index is 894. The number of halogens is 2. The predicted molar refractivity (Wildman–Crippen MR) is 97.5 cm³/mol. The Hall–Kier alpha value is -2.20. The summed E-state index contributed by atoms with van der Waals surface area (Å²) >= 11 is 6.02. The van der Waals surface area contributed by atoms with Gasteiger partial charge >= 0.3 is 0 Å². The summed E-state index contributed by atoms with van der Waals surface area (Å²) in [7, 11) is 1.95. The highest BCUT2D eigenvalue weighted by molar-refractivity contribution is 6.30. The lowest BCUT2D eigenvalue weighted by Gasteiger charge is -2.43. The van der Waals surface area contributed by atoms with Crippen LogP contribution in [0.2, 0.25) is 5.02 Å². The van der Waals surface area contributed by atoms with E-state index in [0.717, 1.165) is 22.8 Å². The van der Waals surface area contributed by atoms with Gasteiger partial charge in [-0.05, 0) is 37.5 Å². The molecule has 25 heavy (non-hydrogen) atoms. The number of aromatic nitrogens is 3. The first-order valence-corrected chi connectivity index (χ1v) is 8.74. The molecule has 0 unspecified atom stereocenters. The summed E-state index contributed by atoms with van der Waals surface area (Å²) in [4.78, 5) is 0. The van der Waals surface area contributed by atoms with Crippen LogP contribution in [-0.4, -0.2) is 20.9 Å². The molecule has 1 heterocycles. The van der Waals surface area contributed by atoms with Crippen LogP contribution in [0.3, 0.4) is 0 Å². The van der Waals surface area contributed by atoms with Gasteiger partial charge < -0.3 is 4.57 Å². The van der Waals surface area contributed by atoms with Gasteiger partial charge in [0.15, 0.2) is 5.82 Å². The molecule has 1 fully saturated rings. The van der Waals surface area contributed by atoms with Crippen molar-refractivity contribution < 1.29 is 4.39 Å². The Balaban J connectivity index is 1.79. The molecule has 1 aliphatic carbocycles. The van der Waals surface area contributed by atoms with Gasteiger partial charge in [0.05, 0.1) is 5.41 Å². The fraction of sp³-hybridized carbons (Fsp3) is 0.300. The van der Waals surface area contributed by atoms with E-state index in [4.69, 9.17) is 11.6 Å². The fourth-order valence-corrected chi connectivity index (χ4v) is 3.84. The largest absolute Gasteiger partial charge is 0.313 e. The third-order valence-corrected chi connectivity index (χ3v) is 5.40. The molecule has 0 bridgehead atoms. The first-order chi connectivity index (χ1) is 12.0. The van der Waals surface area contributed by atoms with Crippen LogP contribution in [-0.2, 0) is 12.5 Å². The van der Waals surface area contributed by atoms with Crippen LogP contribution in [0, 0.1) is 6.92 Å². The van der Waals surface area contributed by atoms with Crippen molar-refractivity contribution in [1.82, 2.24) is 14.8 Å². The van der Waals surface area contributed by atoms with Crippen LogP contribution >= 0.6 is 11.6 Å². The molecule has 1 saturated carbocycles. The van der Waals surface area contributed by atoms with Crippen molar-refractivity contribution in [2.24, 2.45) is 7.05 Å². The zero-order valence-electron chi connectivity index (χ0n) is 14.2. The van der Waals surface area contributed by atoms with Gasteiger partial charge in [-0.25, -0.2) is 4.39 Å². The minimum absolute atomic E-state index is 0.425. The molecule has 128 valence electrons. The number of hydrogen-bond acceptors (Lipinski definition) is 2. The molecule has 0 amide bonds. The van der Waals surface area contributed by atoms with Crippen LogP contribution < -0.4 is 0 Å². The van der Waals surface area contributed by atoms with Crippen molar-refractivity contribution in [2.45, 2.75) is 31.4 Å². The molecule has 1 aliphatic rings. The van der Waals surface area contributed by atoms with Crippen LogP contribution in [0.5, 0.6) is 0 Å². The highest BCUT2D eigenvalue weighted by atomic mass is 35.5. The third-order valence-electron chi connectivity index (χ3n) is 5.15. The summed E-state index contributed by atoms with van der Waals surface area (Å²) in [5, 5.41) is 9.53. The summed E-state index contributed by atoms with van der Waals surface area (Å²) in [5.41, 5.74) is 2.81. The molecule has 0 spiro atoms. The first kappa shape index (κ1) is 16.3. The number of rotatable bonds is 3. The van der Waals surface area contributed by atoms with Crippen molar-refractivity contribution in [3.05, 3.63) is 70.5 Å². The Kier molecular flexibility index (Phi) is 3.88. The van der Waals surface area contributed by atoms with Gasteiger partial charge in [-0.1, -0.05) is 53.6 Å². The maximum atomic E-state index is 13.9. The molecule has 0 aliphatic heterocycles. The minimum Gasteiger partial charge on any atom is -0.313 e. The van der Waals surface area contributed by atoms with E-state index in [1.54, 1.807) is 0 Å². The second kappa shape index (κ2) is 5.95. The topological polar surface area (TPSA) is 30.7 Å². The number of aryl methyl sites for hydroxylation is 1. The SMILES string of the molecule is Cc1ccc(-c2nnc(C3(c4ccc(Cl)cc4)CC(F)C3)n2C)cc1. The summed E-state index contributed by atoms with van der Waals surface area (Å²) in [5.74, 6) is 1.60. The smallest absolute Gasteiger partial charge is 0.163 e. The Morgan fingerprint density at radius 1 is 1.04 bits per heavy atom. The van der Waals surface area contributed by atoms with Crippen molar-refractivity contribution >= 4 is 11.6 Å². The molecule has 3 aromatic rings. The maximum absolute atomic E-state index is 13.9. The van der Waals surface area contributed by atoms with Crippen molar-refractivity contribution in [2.75, 3.05) is 0 Å².